The summed E-state index contributed by atoms with van der Waals surface area (Å²) in [6.07, 6.45) is 2.50. The van der Waals surface area contributed by atoms with Crippen LogP contribution in [0.3, 0.4) is 0 Å². The van der Waals surface area contributed by atoms with Gasteiger partial charge in [-0.05, 0) is 25.0 Å². The minimum atomic E-state index is -3.06. The minimum Gasteiger partial charge on any atom is -0.467 e. The Morgan fingerprint density at radius 2 is 2.00 bits per heavy atom. The molecule has 2 aliphatic rings. The molecule has 0 aromatic carbocycles. The molecule has 0 radical (unpaired) electrons. The maximum Gasteiger partial charge on any atom is 0.217 e. The predicted octanol–water partition coefficient (Wildman–Crippen LogP) is 0.423. The first kappa shape index (κ1) is 14.1. The predicted molar refractivity (Wildman–Crippen MR) is 73.6 cm³/mol. The first-order valence-electron chi connectivity index (χ1n) is 7.00. The molecule has 3 rings (SSSR count). The van der Waals surface area contributed by atoms with E-state index >= 15 is 0 Å². The van der Waals surface area contributed by atoms with Gasteiger partial charge < -0.3 is 9.52 Å². The van der Waals surface area contributed by atoms with Gasteiger partial charge in [0, 0.05) is 32.7 Å². The van der Waals surface area contributed by atoms with E-state index in [9.17, 15) is 13.5 Å². The van der Waals surface area contributed by atoms with E-state index in [0.717, 1.165) is 12.8 Å². The van der Waals surface area contributed by atoms with Crippen molar-refractivity contribution in [3.8, 4) is 0 Å². The summed E-state index contributed by atoms with van der Waals surface area (Å²) in [6, 6.07) is 3.50. The van der Waals surface area contributed by atoms with E-state index in [1.54, 1.807) is 22.7 Å². The Labute approximate surface area is 119 Å². The Bertz CT molecular complexity index is 531. The average molecular weight is 300 g/mol. The van der Waals surface area contributed by atoms with Crippen LogP contribution in [-0.4, -0.2) is 60.7 Å². The number of sulfonamides is 1. The summed E-state index contributed by atoms with van der Waals surface area (Å²) in [5.41, 5.74) is 0. The highest BCUT2D eigenvalue weighted by Crippen LogP contribution is 2.31. The fourth-order valence-electron chi connectivity index (χ4n) is 2.56. The van der Waals surface area contributed by atoms with Crippen LogP contribution in [0.5, 0.6) is 0 Å². The molecule has 1 unspecified atom stereocenters. The third-order valence-electron chi connectivity index (χ3n) is 3.94. The zero-order valence-corrected chi connectivity index (χ0v) is 12.1. The molecule has 1 aliphatic heterocycles. The molecule has 1 N–H and O–H groups in total. The van der Waals surface area contributed by atoms with Crippen molar-refractivity contribution in [3.05, 3.63) is 24.2 Å². The van der Waals surface area contributed by atoms with Gasteiger partial charge in [-0.2, -0.15) is 4.31 Å². The summed E-state index contributed by atoms with van der Waals surface area (Å²) in [6.45, 7) is 2.83. The summed E-state index contributed by atoms with van der Waals surface area (Å²) in [7, 11) is -3.06. The van der Waals surface area contributed by atoms with E-state index in [1.165, 1.54) is 0 Å². The van der Waals surface area contributed by atoms with Crippen molar-refractivity contribution >= 4 is 10.0 Å². The molecule has 1 aliphatic carbocycles. The first-order chi connectivity index (χ1) is 9.57. The van der Waals surface area contributed by atoms with Gasteiger partial charge in [-0.1, -0.05) is 0 Å². The Balaban J connectivity index is 1.51. The molecular formula is C13H20N2O4S. The zero-order chi connectivity index (χ0) is 14.2. The third-order valence-corrected chi connectivity index (χ3v) is 6.34. The lowest BCUT2D eigenvalue weighted by molar-refractivity contribution is 0.0776. The van der Waals surface area contributed by atoms with E-state index in [4.69, 9.17) is 4.42 Å². The van der Waals surface area contributed by atoms with Gasteiger partial charge in [0.1, 0.15) is 11.9 Å². The molecule has 1 atom stereocenters. The number of hydrogen-bond donors (Lipinski definition) is 1. The number of rotatable bonds is 5. The van der Waals surface area contributed by atoms with Gasteiger partial charge in [-0.3, -0.25) is 4.90 Å². The number of aliphatic hydroxyl groups is 1. The van der Waals surface area contributed by atoms with Crippen LogP contribution in [0.1, 0.15) is 24.7 Å². The van der Waals surface area contributed by atoms with Crippen LogP contribution >= 0.6 is 0 Å². The van der Waals surface area contributed by atoms with Gasteiger partial charge in [0.25, 0.3) is 0 Å². The topological polar surface area (TPSA) is 74.0 Å². The van der Waals surface area contributed by atoms with Crippen molar-refractivity contribution < 1.29 is 17.9 Å². The normalized spacial score (nSPS) is 23.9. The second-order valence-corrected chi connectivity index (χ2v) is 7.69. The third kappa shape index (κ3) is 2.90. The molecule has 20 heavy (non-hydrogen) atoms. The maximum absolute atomic E-state index is 12.1. The van der Waals surface area contributed by atoms with Gasteiger partial charge in [-0.25, -0.2) is 8.42 Å². The van der Waals surface area contributed by atoms with Crippen LogP contribution in [0.4, 0.5) is 0 Å². The van der Waals surface area contributed by atoms with E-state index < -0.39 is 16.1 Å². The highest BCUT2D eigenvalue weighted by atomic mass is 32.2. The number of β-amino-alcohol motifs (C(OH)–C–C–N with tert-alkyl or cyclic N) is 1. The van der Waals surface area contributed by atoms with Crippen LogP contribution in [0.15, 0.2) is 22.8 Å². The van der Waals surface area contributed by atoms with Crippen molar-refractivity contribution in [1.29, 1.82) is 0 Å². The van der Waals surface area contributed by atoms with Gasteiger partial charge in [0.05, 0.1) is 11.5 Å². The SMILES string of the molecule is O=S(=O)(C1CC1)N1CCN(CC(O)c2ccco2)CC1. The number of hydrogen-bond acceptors (Lipinski definition) is 5. The molecule has 112 valence electrons. The van der Waals surface area contributed by atoms with Crippen molar-refractivity contribution in [2.75, 3.05) is 32.7 Å². The van der Waals surface area contributed by atoms with Crippen molar-refractivity contribution in [3.63, 3.8) is 0 Å². The van der Waals surface area contributed by atoms with Crippen molar-refractivity contribution in [2.45, 2.75) is 24.2 Å². The Kier molecular flexibility index (Phi) is 3.85. The summed E-state index contributed by atoms with van der Waals surface area (Å²) < 4.78 is 31.0. The van der Waals surface area contributed by atoms with Crippen molar-refractivity contribution in [2.24, 2.45) is 0 Å². The summed E-state index contributed by atoms with van der Waals surface area (Å²) in [4.78, 5) is 2.08. The second-order valence-electron chi connectivity index (χ2n) is 5.48. The van der Waals surface area contributed by atoms with Crippen LogP contribution in [0, 0.1) is 0 Å². The minimum absolute atomic E-state index is 0.136. The molecule has 0 bridgehead atoms. The smallest absolute Gasteiger partial charge is 0.217 e. The van der Waals surface area contributed by atoms with E-state index in [2.05, 4.69) is 4.90 Å². The van der Waals surface area contributed by atoms with E-state index in [1.807, 2.05) is 0 Å². The molecule has 0 amide bonds. The Morgan fingerprint density at radius 3 is 2.55 bits per heavy atom. The molecule has 1 aromatic rings. The monoisotopic (exact) mass is 300 g/mol. The molecule has 7 heteroatoms. The maximum atomic E-state index is 12.1. The lowest BCUT2D eigenvalue weighted by atomic mass is 10.2. The number of aliphatic hydroxyl groups excluding tert-OH is 1. The standard InChI is InChI=1S/C13H20N2O4S/c16-12(13-2-1-9-19-13)10-14-5-7-15(8-6-14)20(17,18)11-3-4-11/h1-2,9,11-12,16H,3-8,10H2. The quantitative estimate of drug-likeness (QED) is 0.853. The number of piperazine rings is 1. The number of furan rings is 1. The first-order valence-corrected chi connectivity index (χ1v) is 8.50. The lowest BCUT2D eigenvalue weighted by Crippen LogP contribution is -2.50. The molecule has 0 spiro atoms. The highest BCUT2D eigenvalue weighted by molar-refractivity contribution is 7.90. The van der Waals surface area contributed by atoms with Crippen LogP contribution < -0.4 is 0 Å². The molecule has 1 saturated heterocycles. The summed E-state index contributed by atoms with van der Waals surface area (Å²) in [5.74, 6) is 0.554. The van der Waals surface area contributed by atoms with Gasteiger partial charge in [0.2, 0.25) is 10.0 Å². The lowest BCUT2D eigenvalue weighted by Gasteiger charge is -2.34. The van der Waals surface area contributed by atoms with E-state index in [-0.39, 0.29) is 5.25 Å². The zero-order valence-electron chi connectivity index (χ0n) is 11.3. The number of nitrogens with zero attached hydrogens (tertiary/aromatic N) is 2. The fourth-order valence-corrected chi connectivity index (χ4v) is 4.38. The summed E-state index contributed by atoms with van der Waals surface area (Å²) >= 11 is 0. The van der Waals surface area contributed by atoms with Gasteiger partial charge in [0.15, 0.2) is 0 Å². The molecule has 6 nitrogen and oxygen atoms in total. The largest absolute Gasteiger partial charge is 0.467 e. The average Bonchev–Trinajstić information content (AvgIpc) is 3.16. The van der Waals surface area contributed by atoms with Crippen molar-refractivity contribution in [1.82, 2.24) is 9.21 Å². The van der Waals surface area contributed by atoms with Crippen LogP contribution in [0.2, 0.25) is 0 Å². The molecule has 1 aromatic heterocycles. The van der Waals surface area contributed by atoms with Gasteiger partial charge >= 0.3 is 0 Å². The van der Waals surface area contributed by atoms with E-state index in [0.29, 0.717) is 38.5 Å². The second kappa shape index (κ2) is 5.48. The fraction of sp³-hybridized carbons (Fsp3) is 0.692. The molecule has 2 heterocycles. The van der Waals surface area contributed by atoms with Crippen LogP contribution in [-0.2, 0) is 10.0 Å². The van der Waals surface area contributed by atoms with Crippen LogP contribution in [0.25, 0.3) is 0 Å². The molecular weight excluding hydrogens is 280 g/mol. The Hall–Kier alpha value is -0.890. The molecule has 2 fully saturated rings. The highest BCUT2D eigenvalue weighted by Gasteiger charge is 2.41. The summed E-state index contributed by atoms with van der Waals surface area (Å²) in [5, 5.41) is 9.88. The Morgan fingerprint density at radius 1 is 1.30 bits per heavy atom. The molecule has 1 saturated carbocycles. The van der Waals surface area contributed by atoms with Gasteiger partial charge in [-0.15, -0.1) is 0 Å².